The minimum absolute atomic E-state index is 0.0524. The molecule has 88 valence electrons. The van der Waals surface area contributed by atoms with Crippen molar-refractivity contribution in [3.63, 3.8) is 0 Å². The molecule has 0 aromatic heterocycles. The van der Waals surface area contributed by atoms with Crippen LogP contribution in [0.4, 0.5) is 11.4 Å². The molecule has 0 saturated carbocycles. The number of carbonyl (C=O) groups is 1. The van der Waals surface area contributed by atoms with Gasteiger partial charge in [-0.1, -0.05) is 0 Å². The fourth-order valence-electron chi connectivity index (χ4n) is 1.60. The van der Waals surface area contributed by atoms with E-state index in [0.29, 0.717) is 11.4 Å². The van der Waals surface area contributed by atoms with Crippen LogP contribution in [-0.4, -0.2) is 25.6 Å². The van der Waals surface area contributed by atoms with Gasteiger partial charge in [-0.15, -0.1) is 0 Å². The number of nitrogens with zero attached hydrogens (tertiary/aromatic N) is 2. The van der Waals surface area contributed by atoms with E-state index < -0.39 is 0 Å². The fourth-order valence-corrected chi connectivity index (χ4v) is 1.60. The third-order valence-corrected chi connectivity index (χ3v) is 2.77. The van der Waals surface area contributed by atoms with Crippen molar-refractivity contribution >= 4 is 17.3 Å². The van der Waals surface area contributed by atoms with Crippen molar-refractivity contribution < 1.29 is 9.53 Å². The molecule has 2 rings (SSSR count). The maximum Gasteiger partial charge on any atom is 0.262 e. The second kappa shape index (κ2) is 4.34. The smallest absolute Gasteiger partial charge is 0.262 e. The molecule has 0 saturated heterocycles. The summed E-state index contributed by atoms with van der Waals surface area (Å²) in [6.45, 7) is 1.87. The lowest BCUT2D eigenvalue weighted by atomic mass is 10.2. The molecule has 1 atom stereocenters. The molecule has 0 radical (unpaired) electrons. The van der Waals surface area contributed by atoms with Gasteiger partial charge in [0.2, 0.25) is 0 Å². The molecule has 1 N–H and O–H groups in total. The van der Waals surface area contributed by atoms with Crippen LogP contribution in [0.1, 0.15) is 6.92 Å². The number of ether oxygens (including phenoxy) is 1. The Morgan fingerprint density at radius 1 is 1.59 bits per heavy atom. The Morgan fingerprint density at radius 3 is 3.06 bits per heavy atom. The number of hydrogen-bond acceptors (Lipinski definition) is 4. The lowest BCUT2D eigenvalue weighted by molar-refractivity contribution is -0.118. The maximum absolute atomic E-state index is 11.2. The molecule has 1 heterocycles. The average Bonchev–Trinajstić information content (AvgIpc) is 2.36. The fraction of sp³-hybridized carbons (Fsp3) is 0.333. The molecule has 17 heavy (non-hydrogen) atoms. The Labute approximate surface area is 99.6 Å². The molecule has 0 bridgehead atoms. The van der Waals surface area contributed by atoms with Gasteiger partial charge in [0.05, 0.1) is 11.8 Å². The second-order valence-corrected chi connectivity index (χ2v) is 3.93. The molecule has 0 fully saturated rings. The van der Waals surface area contributed by atoms with E-state index >= 15 is 0 Å². The topological polar surface area (TPSA) is 65.4 Å². The van der Waals surface area contributed by atoms with E-state index in [0.717, 1.165) is 5.69 Å². The summed E-state index contributed by atoms with van der Waals surface area (Å²) in [7, 11) is 1.83. The van der Waals surface area contributed by atoms with Crippen LogP contribution in [0.25, 0.3) is 0 Å². The first-order valence-electron chi connectivity index (χ1n) is 5.31. The van der Waals surface area contributed by atoms with E-state index in [1.54, 1.807) is 12.1 Å². The van der Waals surface area contributed by atoms with Gasteiger partial charge in [0.25, 0.3) is 5.91 Å². The van der Waals surface area contributed by atoms with Crippen molar-refractivity contribution in [1.29, 1.82) is 5.26 Å². The summed E-state index contributed by atoms with van der Waals surface area (Å²) in [6, 6.07) is 7.40. The predicted molar refractivity (Wildman–Crippen MR) is 64.0 cm³/mol. The molecule has 1 unspecified atom stereocenters. The Morgan fingerprint density at radius 2 is 2.35 bits per heavy atom. The molecule has 1 aliphatic heterocycles. The van der Waals surface area contributed by atoms with Crippen molar-refractivity contribution in [3.8, 4) is 11.8 Å². The van der Waals surface area contributed by atoms with Gasteiger partial charge in [0.1, 0.15) is 11.8 Å². The highest BCUT2D eigenvalue weighted by Gasteiger charge is 2.17. The number of fused-ring (bicyclic) bond motifs is 1. The Kier molecular flexibility index (Phi) is 2.88. The van der Waals surface area contributed by atoms with Crippen molar-refractivity contribution in [2.24, 2.45) is 0 Å². The zero-order chi connectivity index (χ0) is 12.4. The summed E-state index contributed by atoms with van der Waals surface area (Å²) >= 11 is 0. The van der Waals surface area contributed by atoms with Crippen LogP contribution >= 0.6 is 0 Å². The standard InChI is InChI=1S/C12H13N3O2/c1-8(6-13)15(2)9-3-4-11-10(5-9)14-12(16)7-17-11/h3-5,8H,7H2,1-2H3,(H,14,16). The zero-order valence-electron chi connectivity index (χ0n) is 9.73. The van der Waals surface area contributed by atoms with Gasteiger partial charge < -0.3 is 15.0 Å². The largest absolute Gasteiger partial charge is 0.482 e. The van der Waals surface area contributed by atoms with Gasteiger partial charge in [-0.3, -0.25) is 4.79 Å². The van der Waals surface area contributed by atoms with Gasteiger partial charge >= 0.3 is 0 Å². The van der Waals surface area contributed by atoms with Crippen LogP contribution in [0.5, 0.6) is 5.75 Å². The van der Waals surface area contributed by atoms with E-state index in [9.17, 15) is 4.79 Å². The first kappa shape index (κ1) is 11.3. The highest BCUT2D eigenvalue weighted by atomic mass is 16.5. The summed E-state index contributed by atoms with van der Waals surface area (Å²) in [5.74, 6) is 0.497. The Hall–Kier alpha value is -2.22. The lowest BCUT2D eigenvalue weighted by Gasteiger charge is -2.24. The lowest BCUT2D eigenvalue weighted by Crippen LogP contribution is -2.28. The van der Waals surface area contributed by atoms with Crippen LogP contribution in [0.2, 0.25) is 0 Å². The van der Waals surface area contributed by atoms with E-state index in [-0.39, 0.29) is 18.6 Å². The van der Waals surface area contributed by atoms with E-state index in [4.69, 9.17) is 10.00 Å². The number of amides is 1. The van der Waals surface area contributed by atoms with Crippen molar-refractivity contribution in [3.05, 3.63) is 18.2 Å². The van der Waals surface area contributed by atoms with Gasteiger partial charge in [-0.25, -0.2) is 0 Å². The number of hydrogen-bond donors (Lipinski definition) is 1. The summed E-state index contributed by atoms with van der Waals surface area (Å²) in [6.07, 6.45) is 0. The molecule has 0 aliphatic carbocycles. The van der Waals surface area contributed by atoms with Crippen molar-refractivity contribution in [1.82, 2.24) is 0 Å². The Balaban J connectivity index is 2.30. The summed E-state index contributed by atoms with van der Waals surface area (Å²) in [5.41, 5.74) is 1.51. The summed E-state index contributed by atoms with van der Waals surface area (Å²) in [4.78, 5) is 13.0. The minimum atomic E-state index is -0.228. The van der Waals surface area contributed by atoms with Gasteiger partial charge in [-0.2, -0.15) is 5.26 Å². The molecule has 5 nitrogen and oxygen atoms in total. The van der Waals surface area contributed by atoms with E-state index in [1.807, 2.05) is 24.9 Å². The highest BCUT2D eigenvalue weighted by Crippen LogP contribution is 2.31. The number of benzene rings is 1. The van der Waals surface area contributed by atoms with Crippen LogP contribution in [-0.2, 0) is 4.79 Å². The third kappa shape index (κ3) is 2.16. The Bertz CT molecular complexity index is 493. The van der Waals surface area contributed by atoms with Crippen LogP contribution in [0.15, 0.2) is 18.2 Å². The average molecular weight is 231 g/mol. The zero-order valence-corrected chi connectivity index (χ0v) is 9.73. The maximum atomic E-state index is 11.2. The van der Waals surface area contributed by atoms with Crippen LogP contribution in [0.3, 0.4) is 0 Å². The molecule has 1 amide bonds. The first-order valence-corrected chi connectivity index (χ1v) is 5.31. The number of carbonyl (C=O) groups excluding carboxylic acids is 1. The minimum Gasteiger partial charge on any atom is -0.482 e. The molecule has 1 aromatic rings. The normalized spacial score (nSPS) is 15.0. The van der Waals surface area contributed by atoms with Gasteiger partial charge in [-0.05, 0) is 25.1 Å². The molecule has 1 aromatic carbocycles. The highest BCUT2D eigenvalue weighted by molar-refractivity contribution is 5.96. The molecule has 1 aliphatic rings. The third-order valence-electron chi connectivity index (χ3n) is 2.77. The SMILES string of the molecule is CC(C#N)N(C)c1ccc2c(c1)NC(=O)CO2. The molecule has 5 heteroatoms. The number of nitrogens with one attached hydrogen (secondary N) is 1. The molecule has 0 spiro atoms. The van der Waals surface area contributed by atoms with Gasteiger partial charge in [0, 0.05) is 12.7 Å². The number of nitriles is 1. The number of rotatable bonds is 2. The second-order valence-electron chi connectivity index (χ2n) is 3.93. The molecular weight excluding hydrogens is 218 g/mol. The van der Waals surface area contributed by atoms with Crippen LogP contribution in [0, 0.1) is 11.3 Å². The predicted octanol–water partition coefficient (Wildman–Crippen LogP) is 1.37. The first-order chi connectivity index (χ1) is 8.11. The van der Waals surface area contributed by atoms with E-state index in [2.05, 4.69) is 11.4 Å². The monoisotopic (exact) mass is 231 g/mol. The van der Waals surface area contributed by atoms with Crippen molar-refractivity contribution in [2.75, 3.05) is 23.9 Å². The summed E-state index contributed by atoms with van der Waals surface area (Å²) < 4.78 is 5.26. The number of anilines is 2. The van der Waals surface area contributed by atoms with Crippen LogP contribution < -0.4 is 15.0 Å². The van der Waals surface area contributed by atoms with Crippen molar-refractivity contribution in [2.45, 2.75) is 13.0 Å². The van der Waals surface area contributed by atoms with E-state index in [1.165, 1.54) is 0 Å². The summed E-state index contributed by atoms with van der Waals surface area (Å²) in [5, 5.41) is 11.6. The van der Waals surface area contributed by atoms with Gasteiger partial charge in [0.15, 0.2) is 6.61 Å². The quantitative estimate of drug-likeness (QED) is 0.834. The molecular formula is C12H13N3O2.